The molecule has 1 unspecified atom stereocenters. The van der Waals surface area contributed by atoms with E-state index in [-0.39, 0.29) is 23.8 Å². The molecule has 1 fully saturated rings. The molecule has 0 heterocycles. The molecular weight excluding hydrogens is 422 g/mol. The van der Waals surface area contributed by atoms with E-state index in [1.165, 1.54) is 0 Å². The fourth-order valence-electron chi connectivity index (χ4n) is 4.81. The van der Waals surface area contributed by atoms with Crippen molar-refractivity contribution in [1.82, 2.24) is 0 Å². The van der Waals surface area contributed by atoms with Crippen LogP contribution in [0.4, 0.5) is 5.69 Å². The van der Waals surface area contributed by atoms with Crippen LogP contribution >= 0.6 is 0 Å². The van der Waals surface area contributed by atoms with Gasteiger partial charge in [0, 0.05) is 17.4 Å². The van der Waals surface area contributed by atoms with Gasteiger partial charge in [0.05, 0.1) is 0 Å². The van der Waals surface area contributed by atoms with Crippen molar-refractivity contribution in [2.24, 2.45) is 11.3 Å². The van der Waals surface area contributed by atoms with E-state index in [9.17, 15) is 24.6 Å². The van der Waals surface area contributed by atoms with Gasteiger partial charge < -0.3 is 20.6 Å². The van der Waals surface area contributed by atoms with Crippen molar-refractivity contribution in [2.45, 2.75) is 58.8 Å². The van der Waals surface area contributed by atoms with Gasteiger partial charge in [0.15, 0.2) is 11.5 Å². The average molecular weight is 454 g/mol. The molecule has 7 heteroatoms. The normalized spacial score (nSPS) is 16.1. The van der Waals surface area contributed by atoms with Crippen LogP contribution in [0.25, 0.3) is 0 Å². The number of Topliss-reactive ketones (excluding diaryl/α,β-unsaturated/α-hetero) is 1. The Bertz CT molecular complexity index is 1060. The van der Waals surface area contributed by atoms with Crippen LogP contribution in [-0.4, -0.2) is 33.0 Å². The van der Waals surface area contributed by atoms with Gasteiger partial charge in [-0.25, -0.2) is 4.79 Å². The topological polar surface area (TPSA) is 124 Å². The van der Waals surface area contributed by atoms with E-state index in [4.69, 9.17) is 5.11 Å². The molecule has 1 aliphatic carbocycles. The summed E-state index contributed by atoms with van der Waals surface area (Å²) >= 11 is 0. The number of aromatic carboxylic acids is 1. The van der Waals surface area contributed by atoms with Crippen molar-refractivity contribution in [3.8, 4) is 11.5 Å². The summed E-state index contributed by atoms with van der Waals surface area (Å²) in [5.41, 5.74) is 0.120. The summed E-state index contributed by atoms with van der Waals surface area (Å²) < 4.78 is 0. The standard InChI is InChI=1S/C26H31NO6/c1-16-7-6-8-17(15-16)24(31)26(2,18-9-4-3-5-10-18)14-13-21(29)27-22-20(28)12-11-19(23(22)30)25(32)33/h6-8,11-12,15,18,28,30H,3-5,9-10,13-14H2,1-2H3,(H,27,29)(H,32,33). The minimum Gasteiger partial charge on any atom is -0.506 e. The lowest BCUT2D eigenvalue weighted by Crippen LogP contribution is -2.38. The van der Waals surface area contributed by atoms with E-state index < -0.39 is 34.4 Å². The summed E-state index contributed by atoms with van der Waals surface area (Å²) in [6, 6.07) is 9.64. The molecule has 1 aliphatic rings. The summed E-state index contributed by atoms with van der Waals surface area (Å²) in [6.45, 7) is 3.87. The maximum atomic E-state index is 13.6. The number of carboxylic acids is 1. The lowest BCUT2D eigenvalue weighted by atomic mass is 9.64. The van der Waals surface area contributed by atoms with Crippen LogP contribution in [0.3, 0.4) is 0 Å². The molecule has 7 nitrogen and oxygen atoms in total. The fraction of sp³-hybridized carbons (Fsp3) is 0.423. The Hall–Kier alpha value is -3.35. The Balaban J connectivity index is 1.81. The van der Waals surface area contributed by atoms with Crippen LogP contribution in [0.1, 0.15) is 78.1 Å². The third-order valence-electron chi connectivity index (χ3n) is 6.83. The molecule has 0 spiro atoms. The molecule has 176 valence electrons. The quantitative estimate of drug-likeness (QED) is 0.318. The van der Waals surface area contributed by atoms with Gasteiger partial charge in [-0.05, 0) is 50.3 Å². The number of carboxylic acid groups (broad SMARTS) is 1. The summed E-state index contributed by atoms with van der Waals surface area (Å²) in [5, 5.41) is 31.8. The number of phenolic OH excluding ortho intramolecular Hbond substituents is 1. The highest BCUT2D eigenvalue weighted by molar-refractivity contribution is 6.02. The number of anilines is 1. The monoisotopic (exact) mass is 453 g/mol. The second-order valence-electron chi connectivity index (χ2n) is 9.16. The van der Waals surface area contributed by atoms with Crippen LogP contribution < -0.4 is 5.32 Å². The van der Waals surface area contributed by atoms with Gasteiger partial charge in [-0.3, -0.25) is 9.59 Å². The van der Waals surface area contributed by atoms with E-state index >= 15 is 0 Å². The number of nitrogens with one attached hydrogen (secondary N) is 1. The number of amides is 1. The van der Waals surface area contributed by atoms with Crippen molar-refractivity contribution in [2.75, 3.05) is 5.32 Å². The summed E-state index contributed by atoms with van der Waals surface area (Å²) in [4.78, 5) is 37.6. The van der Waals surface area contributed by atoms with Gasteiger partial charge in [-0.15, -0.1) is 0 Å². The van der Waals surface area contributed by atoms with Gasteiger partial charge in [-0.1, -0.05) is 49.9 Å². The zero-order valence-electron chi connectivity index (χ0n) is 19.1. The SMILES string of the molecule is Cc1cccc(C(=O)C(C)(CCC(=O)Nc2c(O)ccc(C(=O)O)c2O)C2CCCCC2)c1. The van der Waals surface area contributed by atoms with Crippen LogP contribution in [0.15, 0.2) is 36.4 Å². The number of rotatable bonds is 8. The third kappa shape index (κ3) is 5.35. The van der Waals surface area contributed by atoms with Crippen LogP contribution in [0, 0.1) is 18.3 Å². The van der Waals surface area contributed by atoms with Crippen LogP contribution in [-0.2, 0) is 4.79 Å². The molecule has 3 rings (SSSR count). The zero-order valence-corrected chi connectivity index (χ0v) is 19.1. The number of phenols is 2. The zero-order chi connectivity index (χ0) is 24.2. The van der Waals surface area contributed by atoms with Gasteiger partial charge in [0.2, 0.25) is 5.91 Å². The molecule has 1 amide bonds. The molecule has 0 saturated heterocycles. The molecule has 2 aromatic carbocycles. The third-order valence-corrected chi connectivity index (χ3v) is 6.83. The van der Waals surface area contributed by atoms with E-state index in [2.05, 4.69) is 5.32 Å². The number of hydrogen-bond acceptors (Lipinski definition) is 5. The van der Waals surface area contributed by atoms with Gasteiger partial charge in [0.25, 0.3) is 0 Å². The van der Waals surface area contributed by atoms with Crippen molar-refractivity contribution in [1.29, 1.82) is 0 Å². The highest BCUT2D eigenvalue weighted by atomic mass is 16.4. The summed E-state index contributed by atoms with van der Waals surface area (Å²) in [7, 11) is 0. The number of carbonyl (C=O) groups excluding carboxylic acids is 2. The number of benzene rings is 2. The predicted molar refractivity (Wildman–Crippen MR) is 125 cm³/mol. The van der Waals surface area contributed by atoms with E-state index in [1.807, 2.05) is 38.1 Å². The van der Waals surface area contributed by atoms with Crippen molar-refractivity contribution in [3.05, 3.63) is 53.1 Å². The molecule has 0 radical (unpaired) electrons. The molecule has 4 N–H and O–H groups in total. The minimum atomic E-state index is -1.38. The second kappa shape index (κ2) is 10.1. The van der Waals surface area contributed by atoms with Crippen molar-refractivity contribution >= 4 is 23.3 Å². The van der Waals surface area contributed by atoms with Crippen molar-refractivity contribution < 1.29 is 29.7 Å². The Morgan fingerprint density at radius 2 is 1.76 bits per heavy atom. The number of ketones is 1. The van der Waals surface area contributed by atoms with E-state index in [1.54, 1.807) is 0 Å². The summed E-state index contributed by atoms with van der Waals surface area (Å²) in [5.74, 6) is -2.86. The van der Waals surface area contributed by atoms with Crippen molar-refractivity contribution in [3.63, 3.8) is 0 Å². The fourth-order valence-corrected chi connectivity index (χ4v) is 4.81. The largest absolute Gasteiger partial charge is 0.506 e. The average Bonchev–Trinajstić information content (AvgIpc) is 2.80. The molecule has 0 aliphatic heterocycles. The Kier molecular flexibility index (Phi) is 7.41. The molecule has 0 aromatic heterocycles. The minimum absolute atomic E-state index is 0.0132. The second-order valence-corrected chi connectivity index (χ2v) is 9.16. The number of hydrogen-bond donors (Lipinski definition) is 4. The van der Waals surface area contributed by atoms with Gasteiger partial charge in [-0.2, -0.15) is 0 Å². The first-order chi connectivity index (χ1) is 15.6. The maximum absolute atomic E-state index is 13.6. The van der Waals surface area contributed by atoms with E-state index in [0.29, 0.717) is 12.0 Å². The highest BCUT2D eigenvalue weighted by Crippen LogP contribution is 2.44. The Morgan fingerprint density at radius 3 is 2.39 bits per heavy atom. The molecule has 1 atom stereocenters. The first-order valence-electron chi connectivity index (χ1n) is 11.3. The molecule has 1 saturated carbocycles. The molecule has 2 aromatic rings. The lowest BCUT2D eigenvalue weighted by molar-refractivity contribution is -0.116. The molecule has 33 heavy (non-hydrogen) atoms. The van der Waals surface area contributed by atoms with Crippen LogP contribution in [0.2, 0.25) is 0 Å². The Morgan fingerprint density at radius 1 is 1.06 bits per heavy atom. The first-order valence-corrected chi connectivity index (χ1v) is 11.3. The molecular formula is C26H31NO6. The smallest absolute Gasteiger partial charge is 0.339 e. The summed E-state index contributed by atoms with van der Waals surface area (Å²) in [6.07, 6.45) is 5.39. The number of aromatic hydroxyl groups is 2. The Labute approximate surface area is 193 Å². The maximum Gasteiger partial charge on any atom is 0.339 e. The predicted octanol–water partition coefficient (Wildman–Crippen LogP) is 5.29. The van der Waals surface area contributed by atoms with Gasteiger partial charge in [0.1, 0.15) is 17.0 Å². The highest BCUT2D eigenvalue weighted by Gasteiger charge is 2.41. The molecule has 0 bridgehead atoms. The van der Waals surface area contributed by atoms with E-state index in [0.717, 1.165) is 49.8 Å². The number of carbonyl (C=O) groups is 3. The van der Waals surface area contributed by atoms with Crippen LogP contribution in [0.5, 0.6) is 11.5 Å². The van der Waals surface area contributed by atoms with Gasteiger partial charge >= 0.3 is 5.97 Å². The lowest BCUT2D eigenvalue weighted by Gasteiger charge is -2.39. The first kappa shape index (κ1) is 24.3. The number of aryl methyl sites for hydroxylation is 1.